The van der Waals surface area contributed by atoms with Gasteiger partial charge in [0.05, 0.1) is 10.9 Å². The molecular formula is C13H23ClIN3S2. The van der Waals surface area contributed by atoms with Crippen molar-refractivity contribution in [3.63, 3.8) is 0 Å². The van der Waals surface area contributed by atoms with Crippen LogP contribution in [0.2, 0.25) is 4.34 Å². The second-order valence-corrected chi connectivity index (χ2v) is 6.93. The number of hydrogen-bond donors (Lipinski definition) is 1. The lowest BCUT2D eigenvalue weighted by atomic mass is 10.4. The van der Waals surface area contributed by atoms with Crippen molar-refractivity contribution in [1.29, 1.82) is 0 Å². The Balaban J connectivity index is 0.00000361. The van der Waals surface area contributed by atoms with Crippen LogP contribution in [0.1, 0.15) is 18.2 Å². The Bertz CT molecular complexity index is 399. The summed E-state index contributed by atoms with van der Waals surface area (Å²) in [5, 5.41) is 3.33. The van der Waals surface area contributed by atoms with E-state index in [9.17, 15) is 0 Å². The highest BCUT2D eigenvalue weighted by molar-refractivity contribution is 14.0. The van der Waals surface area contributed by atoms with Gasteiger partial charge in [0.2, 0.25) is 0 Å². The second-order valence-electron chi connectivity index (χ2n) is 4.14. The number of thiophene rings is 1. The Labute approximate surface area is 152 Å². The minimum Gasteiger partial charge on any atom is -0.357 e. The molecule has 0 aliphatic rings. The van der Waals surface area contributed by atoms with E-state index in [4.69, 9.17) is 11.6 Å². The molecule has 1 aromatic heterocycles. The van der Waals surface area contributed by atoms with E-state index in [-0.39, 0.29) is 24.0 Å². The molecule has 7 heteroatoms. The fourth-order valence-corrected chi connectivity index (χ4v) is 3.17. The summed E-state index contributed by atoms with van der Waals surface area (Å²) in [6.07, 6.45) is 3.25. The molecular weight excluding hydrogens is 425 g/mol. The first-order chi connectivity index (χ1) is 9.17. The third-order valence-corrected chi connectivity index (χ3v) is 4.40. The van der Waals surface area contributed by atoms with Gasteiger partial charge in [-0.3, -0.25) is 4.99 Å². The summed E-state index contributed by atoms with van der Waals surface area (Å²) < 4.78 is 0.838. The Morgan fingerprint density at radius 1 is 1.50 bits per heavy atom. The molecule has 0 radical (unpaired) electrons. The van der Waals surface area contributed by atoms with Gasteiger partial charge >= 0.3 is 0 Å². The summed E-state index contributed by atoms with van der Waals surface area (Å²) in [4.78, 5) is 8.04. The van der Waals surface area contributed by atoms with Crippen molar-refractivity contribution in [3.05, 3.63) is 21.3 Å². The molecule has 0 amide bonds. The van der Waals surface area contributed by atoms with Crippen molar-refractivity contribution in [2.24, 2.45) is 4.99 Å². The molecule has 1 aromatic rings. The van der Waals surface area contributed by atoms with E-state index < -0.39 is 0 Å². The zero-order chi connectivity index (χ0) is 14.1. The maximum atomic E-state index is 5.95. The average molecular weight is 448 g/mol. The van der Waals surface area contributed by atoms with E-state index in [1.807, 2.05) is 17.8 Å². The summed E-state index contributed by atoms with van der Waals surface area (Å²) in [5.41, 5.74) is 0. The van der Waals surface area contributed by atoms with Crippen LogP contribution in [0.25, 0.3) is 0 Å². The number of guanidine groups is 1. The van der Waals surface area contributed by atoms with Gasteiger partial charge in [0.1, 0.15) is 0 Å². The normalized spacial score (nSPS) is 11.1. The molecule has 0 fully saturated rings. The van der Waals surface area contributed by atoms with Crippen molar-refractivity contribution in [3.8, 4) is 0 Å². The lowest BCUT2D eigenvalue weighted by Crippen LogP contribution is -2.38. The first-order valence-corrected chi connectivity index (χ1v) is 8.98. The van der Waals surface area contributed by atoms with Crippen LogP contribution < -0.4 is 5.32 Å². The lowest BCUT2D eigenvalue weighted by Gasteiger charge is -2.21. The Morgan fingerprint density at radius 2 is 2.25 bits per heavy atom. The van der Waals surface area contributed by atoms with Crippen molar-refractivity contribution >= 4 is 64.6 Å². The van der Waals surface area contributed by atoms with Crippen molar-refractivity contribution < 1.29 is 0 Å². The molecule has 0 spiro atoms. The number of nitrogens with zero attached hydrogens (tertiary/aromatic N) is 2. The van der Waals surface area contributed by atoms with Crippen LogP contribution >= 0.6 is 58.7 Å². The van der Waals surface area contributed by atoms with Crippen LogP contribution in [0.4, 0.5) is 0 Å². The summed E-state index contributed by atoms with van der Waals surface area (Å²) in [5.74, 6) is 2.13. The number of aliphatic imine (C=N–C) groups is 1. The van der Waals surface area contributed by atoms with Gasteiger partial charge in [-0.2, -0.15) is 11.8 Å². The smallest absolute Gasteiger partial charge is 0.193 e. The van der Waals surface area contributed by atoms with Gasteiger partial charge in [0.25, 0.3) is 0 Å². The van der Waals surface area contributed by atoms with Gasteiger partial charge in [0, 0.05) is 25.0 Å². The predicted octanol–water partition coefficient (Wildman–Crippen LogP) is 4.17. The molecule has 0 saturated heterocycles. The van der Waals surface area contributed by atoms with Crippen molar-refractivity contribution in [2.45, 2.75) is 19.9 Å². The van der Waals surface area contributed by atoms with Gasteiger partial charge < -0.3 is 10.2 Å². The van der Waals surface area contributed by atoms with E-state index >= 15 is 0 Å². The maximum absolute atomic E-state index is 5.95. The molecule has 1 N–H and O–H groups in total. The quantitative estimate of drug-likeness (QED) is 0.294. The van der Waals surface area contributed by atoms with Crippen molar-refractivity contribution in [1.82, 2.24) is 10.2 Å². The van der Waals surface area contributed by atoms with E-state index in [0.717, 1.165) is 42.1 Å². The molecule has 0 aliphatic heterocycles. The highest BCUT2D eigenvalue weighted by Crippen LogP contribution is 2.22. The summed E-state index contributed by atoms with van der Waals surface area (Å²) in [7, 11) is 2.06. The third-order valence-electron chi connectivity index (χ3n) is 2.49. The van der Waals surface area contributed by atoms with E-state index in [1.165, 1.54) is 4.88 Å². The Hall–Kier alpha value is 0.340. The molecule has 0 aliphatic carbocycles. The molecule has 0 atom stereocenters. The molecule has 1 rings (SSSR count). The molecule has 0 unspecified atom stereocenters. The molecule has 0 aromatic carbocycles. The predicted molar refractivity (Wildman–Crippen MR) is 105 cm³/mol. The number of hydrogen-bond acceptors (Lipinski definition) is 3. The first kappa shape index (κ1) is 20.3. The van der Waals surface area contributed by atoms with Crippen LogP contribution in [0.3, 0.4) is 0 Å². The van der Waals surface area contributed by atoms with Crippen LogP contribution in [-0.4, -0.2) is 43.0 Å². The van der Waals surface area contributed by atoms with Crippen LogP contribution in [-0.2, 0) is 6.54 Å². The highest BCUT2D eigenvalue weighted by atomic mass is 127. The minimum atomic E-state index is 0. The number of halogens is 2. The second kappa shape index (κ2) is 11.9. The molecule has 1 heterocycles. The fraction of sp³-hybridized carbons (Fsp3) is 0.615. The summed E-state index contributed by atoms with van der Waals surface area (Å²) in [6, 6.07) is 4.01. The van der Waals surface area contributed by atoms with Gasteiger partial charge in [-0.1, -0.05) is 11.6 Å². The monoisotopic (exact) mass is 447 g/mol. The van der Waals surface area contributed by atoms with Gasteiger partial charge in [0.15, 0.2) is 5.96 Å². The first-order valence-electron chi connectivity index (χ1n) is 6.40. The maximum Gasteiger partial charge on any atom is 0.193 e. The molecule has 20 heavy (non-hydrogen) atoms. The van der Waals surface area contributed by atoms with Crippen LogP contribution in [0.15, 0.2) is 17.1 Å². The summed E-state index contributed by atoms with van der Waals surface area (Å²) >= 11 is 9.44. The van der Waals surface area contributed by atoms with Gasteiger partial charge in [-0.05, 0) is 37.5 Å². The van der Waals surface area contributed by atoms with Gasteiger partial charge in [-0.15, -0.1) is 35.3 Å². The lowest BCUT2D eigenvalue weighted by molar-refractivity contribution is 0.481. The standard InChI is InChI=1S/C13H22ClN3S2.HI/c1-4-15-13(16-8-5-9-18-3)17(2)10-11-6-7-12(14)19-11;/h6-7H,4-5,8-10H2,1-3H3,(H,15,16);1H. The number of nitrogens with one attached hydrogen (secondary N) is 1. The van der Waals surface area contributed by atoms with Crippen LogP contribution in [0.5, 0.6) is 0 Å². The fourth-order valence-electron chi connectivity index (χ4n) is 1.61. The Kier molecular flexibility index (Phi) is 12.1. The number of thioether (sulfide) groups is 1. The molecule has 0 bridgehead atoms. The molecule has 116 valence electrons. The Morgan fingerprint density at radius 3 is 2.80 bits per heavy atom. The SMILES string of the molecule is CCNC(=NCCCSC)N(C)Cc1ccc(Cl)s1.I. The minimum absolute atomic E-state index is 0. The average Bonchev–Trinajstić information content (AvgIpc) is 2.78. The summed E-state index contributed by atoms with van der Waals surface area (Å²) in [6.45, 7) is 4.69. The van der Waals surface area contributed by atoms with E-state index in [1.54, 1.807) is 11.3 Å². The third kappa shape index (κ3) is 7.95. The zero-order valence-corrected chi connectivity index (χ0v) is 16.9. The van der Waals surface area contributed by atoms with Gasteiger partial charge in [-0.25, -0.2) is 0 Å². The molecule has 3 nitrogen and oxygen atoms in total. The molecule has 0 saturated carbocycles. The topological polar surface area (TPSA) is 27.6 Å². The van der Waals surface area contributed by atoms with Crippen molar-refractivity contribution in [2.75, 3.05) is 32.1 Å². The van der Waals surface area contributed by atoms with E-state index in [0.29, 0.717) is 0 Å². The zero-order valence-electron chi connectivity index (χ0n) is 12.2. The van der Waals surface area contributed by atoms with Crippen LogP contribution in [0, 0.1) is 0 Å². The largest absolute Gasteiger partial charge is 0.357 e. The van der Waals surface area contributed by atoms with E-state index in [2.05, 4.69) is 41.5 Å². The highest BCUT2D eigenvalue weighted by Gasteiger charge is 2.07. The number of rotatable bonds is 7.